The van der Waals surface area contributed by atoms with Gasteiger partial charge in [-0.2, -0.15) is 0 Å². The van der Waals surface area contributed by atoms with Crippen molar-refractivity contribution in [2.24, 2.45) is 4.99 Å². The Morgan fingerprint density at radius 1 is 1.23 bits per heavy atom. The molecule has 0 atom stereocenters. The van der Waals surface area contributed by atoms with E-state index in [0.717, 1.165) is 24.5 Å². The van der Waals surface area contributed by atoms with E-state index in [9.17, 15) is 4.39 Å². The van der Waals surface area contributed by atoms with Gasteiger partial charge >= 0.3 is 0 Å². The van der Waals surface area contributed by atoms with Gasteiger partial charge in [-0.3, -0.25) is 4.99 Å². The summed E-state index contributed by atoms with van der Waals surface area (Å²) in [5.74, 6) is 0.570. The van der Waals surface area contributed by atoms with Crippen molar-refractivity contribution in [3.63, 3.8) is 0 Å². The van der Waals surface area contributed by atoms with Crippen LogP contribution < -0.4 is 10.6 Å². The molecule has 1 aromatic carbocycles. The first-order valence-corrected chi connectivity index (χ1v) is 7.73. The fourth-order valence-electron chi connectivity index (χ4n) is 1.99. The maximum absolute atomic E-state index is 13.1. The molecule has 0 spiro atoms. The number of nitrogens with zero attached hydrogens (tertiary/aromatic N) is 1. The minimum Gasteiger partial charge on any atom is -0.356 e. The van der Waals surface area contributed by atoms with E-state index in [2.05, 4.69) is 34.7 Å². The van der Waals surface area contributed by atoms with Crippen LogP contribution in [0.5, 0.6) is 0 Å². The van der Waals surface area contributed by atoms with E-state index in [1.54, 1.807) is 30.5 Å². The Balaban J connectivity index is 0.00000242. The molecule has 0 fully saturated rings. The Bertz CT molecular complexity index is 613. The first-order valence-electron chi connectivity index (χ1n) is 6.91. The van der Waals surface area contributed by atoms with Gasteiger partial charge in [-0.15, -0.1) is 35.3 Å². The molecular weight excluding hydrogens is 412 g/mol. The third-order valence-corrected chi connectivity index (χ3v) is 4.05. The van der Waals surface area contributed by atoms with Gasteiger partial charge in [0.25, 0.3) is 0 Å². The molecule has 0 saturated carbocycles. The molecule has 0 aliphatic carbocycles. The summed E-state index contributed by atoms with van der Waals surface area (Å²) in [5, 5.41) is 6.51. The summed E-state index contributed by atoms with van der Waals surface area (Å²) in [4.78, 5) is 6.77. The molecule has 3 nitrogen and oxygen atoms in total. The van der Waals surface area contributed by atoms with Gasteiger partial charge in [0.05, 0.1) is 6.54 Å². The molecule has 0 unspecified atom stereocenters. The van der Waals surface area contributed by atoms with Crippen LogP contribution in [-0.4, -0.2) is 19.6 Å². The lowest BCUT2D eigenvalue weighted by atomic mass is 10.1. The van der Waals surface area contributed by atoms with Crippen LogP contribution in [0.3, 0.4) is 0 Å². The summed E-state index contributed by atoms with van der Waals surface area (Å²) in [7, 11) is 1.75. The summed E-state index contributed by atoms with van der Waals surface area (Å²) in [6, 6.07) is 10.9. The van der Waals surface area contributed by atoms with Gasteiger partial charge in [-0.25, -0.2) is 4.39 Å². The molecule has 22 heavy (non-hydrogen) atoms. The molecule has 2 N–H and O–H groups in total. The minimum absolute atomic E-state index is 0. The number of guanidine groups is 1. The molecule has 0 radical (unpaired) electrons. The number of aryl methyl sites for hydroxylation is 1. The Hall–Kier alpha value is -1.15. The highest BCUT2D eigenvalue weighted by atomic mass is 127. The SMILES string of the molecule is CN=C(NCCc1cccc(F)c1)NCc1ccc(C)s1.I. The van der Waals surface area contributed by atoms with E-state index < -0.39 is 0 Å². The molecule has 0 amide bonds. The highest BCUT2D eigenvalue weighted by Gasteiger charge is 2.01. The highest BCUT2D eigenvalue weighted by molar-refractivity contribution is 14.0. The number of benzene rings is 1. The quantitative estimate of drug-likeness (QED) is 0.429. The van der Waals surface area contributed by atoms with Crippen LogP contribution in [0.1, 0.15) is 15.3 Å². The third-order valence-electron chi connectivity index (χ3n) is 3.04. The van der Waals surface area contributed by atoms with E-state index in [-0.39, 0.29) is 29.8 Å². The summed E-state index contributed by atoms with van der Waals surface area (Å²) >= 11 is 1.78. The molecule has 2 rings (SSSR count). The molecule has 0 saturated heterocycles. The highest BCUT2D eigenvalue weighted by Crippen LogP contribution is 2.14. The largest absolute Gasteiger partial charge is 0.356 e. The molecular formula is C16H21FIN3S. The van der Waals surface area contributed by atoms with E-state index in [0.29, 0.717) is 6.54 Å². The van der Waals surface area contributed by atoms with E-state index in [1.165, 1.54) is 15.8 Å². The fourth-order valence-corrected chi connectivity index (χ4v) is 2.82. The van der Waals surface area contributed by atoms with Crippen LogP contribution in [0.15, 0.2) is 41.4 Å². The second-order valence-electron chi connectivity index (χ2n) is 4.74. The second-order valence-corrected chi connectivity index (χ2v) is 6.12. The second kappa shape index (κ2) is 9.78. The Labute approximate surface area is 152 Å². The van der Waals surface area contributed by atoms with Crippen molar-refractivity contribution in [3.8, 4) is 0 Å². The monoisotopic (exact) mass is 433 g/mol. The van der Waals surface area contributed by atoms with Crippen LogP contribution in [0.4, 0.5) is 4.39 Å². The van der Waals surface area contributed by atoms with Gasteiger partial charge in [0, 0.05) is 23.3 Å². The van der Waals surface area contributed by atoms with Gasteiger partial charge in [-0.05, 0) is 43.2 Å². The number of hydrogen-bond donors (Lipinski definition) is 2. The lowest BCUT2D eigenvalue weighted by molar-refractivity contribution is 0.625. The third kappa shape index (κ3) is 6.31. The Kier molecular flexibility index (Phi) is 8.40. The molecule has 0 bridgehead atoms. The summed E-state index contributed by atoms with van der Waals surface area (Å²) < 4.78 is 13.1. The first-order chi connectivity index (χ1) is 10.2. The molecule has 2 aromatic rings. The average Bonchev–Trinajstić information content (AvgIpc) is 2.88. The van der Waals surface area contributed by atoms with Crippen molar-refractivity contribution in [2.75, 3.05) is 13.6 Å². The smallest absolute Gasteiger partial charge is 0.191 e. The molecule has 120 valence electrons. The normalized spacial score (nSPS) is 11.0. The number of hydrogen-bond acceptors (Lipinski definition) is 2. The zero-order valence-corrected chi connectivity index (χ0v) is 15.9. The van der Waals surface area contributed by atoms with E-state index in [4.69, 9.17) is 0 Å². The Morgan fingerprint density at radius 2 is 2.05 bits per heavy atom. The zero-order valence-electron chi connectivity index (χ0n) is 12.7. The van der Waals surface area contributed by atoms with Crippen LogP contribution in [0, 0.1) is 12.7 Å². The minimum atomic E-state index is -0.192. The lowest BCUT2D eigenvalue weighted by Gasteiger charge is -2.11. The number of rotatable bonds is 5. The molecule has 0 aliphatic rings. The van der Waals surface area contributed by atoms with Gasteiger partial charge in [0.1, 0.15) is 5.82 Å². The molecule has 1 aromatic heterocycles. The first kappa shape index (κ1) is 18.9. The van der Waals surface area contributed by atoms with Crippen molar-refractivity contribution >= 4 is 41.3 Å². The van der Waals surface area contributed by atoms with Gasteiger partial charge in [-0.1, -0.05) is 12.1 Å². The lowest BCUT2D eigenvalue weighted by Crippen LogP contribution is -2.37. The number of halogens is 2. The van der Waals surface area contributed by atoms with Crippen molar-refractivity contribution in [1.29, 1.82) is 0 Å². The maximum Gasteiger partial charge on any atom is 0.191 e. The van der Waals surface area contributed by atoms with E-state index >= 15 is 0 Å². The average molecular weight is 433 g/mol. The number of thiophene rings is 1. The molecule has 1 heterocycles. The summed E-state index contributed by atoms with van der Waals surface area (Å²) in [6.07, 6.45) is 0.760. The van der Waals surface area contributed by atoms with Crippen molar-refractivity contribution in [2.45, 2.75) is 19.9 Å². The number of nitrogens with one attached hydrogen (secondary N) is 2. The standard InChI is InChI=1S/C16H20FN3S.HI/c1-12-6-7-15(21-12)11-20-16(18-2)19-9-8-13-4-3-5-14(17)10-13;/h3-7,10H,8-9,11H2,1-2H3,(H2,18,19,20);1H. The Morgan fingerprint density at radius 3 is 2.68 bits per heavy atom. The van der Waals surface area contributed by atoms with Crippen molar-refractivity contribution in [1.82, 2.24) is 10.6 Å². The van der Waals surface area contributed by atoms with E-state index in [1.807, 2.05) is 6.07 Å². The van der Waals surface area contributed by atoms with Gasteiger partial charge < -0.3 is 10.6 Å². The van der Waals surface area contributed by atoms with Crippen LogP contribution in [0.25, 0.3) is 0 Å². The van der Waals surface area contributed by atoms with Crippen LogP contribution in [0.2, 0.25) is 0 Å². The van der Waals surface area contributed by atoms with Crippen LogP contribution >= 0.6 is 35.3 Å². The predicted octanol–water partition coefficient (Wildman–Crippen LogP) is 3.72. The number of aliphatic imine (C=N–C) groups is 1. The van der Waals surface area contributed by atoms with Crippen molar-refractivity contribution < 1.29 is 4.39 Å². The molecule has 0 aliphatic heterocycles. The van der Waals surface area contributed by atoms with Gasteiger partial charge in [0.2, 0.25) is 0 Å². The zero-order chi connectivity index (χ0) is 15.1. The predicted molar refractivity (Wildman–Crippen MR) is 103 cm³/mol. The summed E-state index contributed by atoms with van der Waals surface area (Å²) in [6.45, 7) is 3.57. The van der Waals surface area contributed by atoms with Gasteiger partial charge in [0.15, 0.2) is 5.96 Å². The topological polar surface area (TPSA) is 36.4 Å². The van der Waals surface area contributed by atoms with Crippen LogP contribution in [-0.2, 0) is 13.0 Å². The molecule has 6 heteroatoms. The fraction of sp³-hybridized carbons (Fsp3) is 0.312. The maximum atomic E-state index is 13.1. The summed E-state index contributed by atoms with van der Waals surface area (Å²) in [5.41, 5.74) is 0.979. The van der Waals surface area contributed by atoms with Crippen molar-refractivity contribution in [3.05, 3.63) is 57.5 Å².